The summed E-state index contributed by atoms with van der Waals surface area (Å²) < 4.78 is 53.1. The number of ether oxygens (including phenoxy) is 3. The zero-order chi connectivity index (χ0) is 17.7. The minimum atomic E-state index is -4.52. The first kappa shape index (κ1) is 17.6. The van der Waals surface area contributed by atoms with Gasteiger partial charge < -0.3 is 19.5 Å². The average Bonchev–Trinajstić information content (AvgIpc) is 2.58. The van der Waals surface area contributed by atoms with Crippen molar-refractivity contribution in [1.82, 2.24) is 10.2 Å². The van der Waals surface area contributed by atoms with Gasteiger partial charge >= 0.3 is 6.18 Å². The van der Waals surface area contributed by atoms with Gasteiger partial charge in [-0.3, -0.25) is 0 Å². The van der Waals surface area contributed by atoms with Crippen LogP contribution in [0.25, 0.3) is 0 Å². The molecule has 0 fully saturated rings. The molecule has 0 unspecified atom stereocenters. The summed E-state index contributed by atoms with van der Waals surface area (Å²) in [6, 6.07) is 5.45. The minimum absolute atomic E-state index is 0.208. The fraction of sp³-hybridized carbons (Fsp3) is 0.333. The molecule has 0 aliphatic rings. The molecule has 0 radical (unpaired) electrons. The molecule has 130 valence electrons. The van der Waals surface area contributed by atoms with E-state index >= 15 is 0 Å². The standard InChI is InChI=1S/C15H16F3N3O3/c1-22-10-7-12(24-3)11(23-2)6-9(10)8-19-14-5-4-13(20-21-14)15(16,17)18/h4-7H,8H2,1-3H3,(H,19,21). The topological polar surface area (TPSA) is 65.5 Å². The fourth-order valence-electron chi connectivity index (χ4n) is 1.99. The van der Waals surface area contributed by atoms with E-state index in [1.807, 2.05) is 0 Å². The molecule has 2 rings (SSSR count). The van der Waals surface area contributed by atoms with Crippen LogP contribution in [0.1, 0.15) is 11.3 Å². The largest absolute Gasteiger partial charge is 0.496 e. The van der Waals surface area contributed by atoms with Crippen LogP contribution >= 0.6 is 0 Å². The van der Waals surface area contributed by atoms with E-state index in [4.69, 9.17) is 14.2 Å². The van der Waals surface area contributed by atoms with Crippen molar-refractivity contribution in [3.05, 3.63) is 35.5 Å². The van der Waals surface area contributed by atoms with Crippen molar-refractivity contribution in [2.75, 3.05) is 26.6 Å². The second-order valence-electron chi connectivity index (χ2n) is 4.67. The van der Waals surface area contributed by atoms with Crippen LogP contribution in [0, 0.1) is 0 Å². The molecular formula is C15H16F3N3O3. The summed E-state index contributed by atoms with van der Waals surface area (Å²) in [5.74, 6) is 1.76. The molecule has 0 aliphatic carbocycles. The first-order chi connectivity index (χ1) is 11.4. The molecule has 0 amide bonds. The number of nitrogens with one attached hydrogen (secondary N) is 1. The highest BCUT2D eigenvalue weighted by molar-refractivity contribution is 5.51. The summed E-state index contributed by atoms with van der Waals surface area (Å²) in [4.78, 5) is 0. The summed E-state index contributed by atoms with van der Waals surface area (Å²) >= 11 is 0. The Bertz CT molecular complexity index is 691. The molecule has 0 aliphatic heterocycles. The molecule has 1 aromatic carbocycles. The van der Waals surface area contributed by atoms with Crippen molar-refractivity contribution in [3.63, 3.8) is 0 Å². The Morgan fingerprint density at radius 1 is 0.917 bits per heavy atom. The maximum atomic E-state index is 12.5. The van der Waals surface area contributed by atoms with Crippen LogP contribution < -0.4 is 19.5 Å². The van der Waals surface area contributed by atoms with E-state index in [1.54, 1.807) is 12.1 Å². The molecule has 0 bridgehead atoms. The molecule has 6 nitrogen and oxygen atoms in total. The second kappa shape index (κ2) is 7.24. The number of rotatable bonds is 6. The van der Waals surface area contributed by atoms with Crippen LogP contribution in [-0.4, -0.2) is 31.5 Å². The molecule has 24 heavy (non-hydrogen) atoms. The zero-order valence-electron chi connectivity index (χ0n) is 13.3. The number of anilines is 1. The maximum absolute atomic E-state index is 12.5. The first-order valence-electron chi connectivity index (χ1n) is 6.82. The molecule has 1 heterocycles. The molecule has 0 saturated carbocycles. The van der Waals surface area contributed by atoms with E-state index in [-0.39, 0.29) is 12.4 Å². The lowest BCUT2D eigenvalue weighted by molar-refractivity contribution is -0.141. The van der Waals surface area contributed by atoms with Crippen LogP contribution in [0.4, 0.5) is 19.0 Å². The second-order valence-corrected chi connectivity index (χ2v) is 4.67. The zero-order valence-corrected chi connectivity index (χ0v) is 13.3. The lowest BCUT2D eigenvalue weighted by atomic mass is 10.1. The number of alkyl halides is 3. The normalized spacial score (nSPS) is 11.1. The highest BCUT2D eigenvalue weighted by Crippen LogP contribution is 2.35. The third kappa shape index (κ3) is 3.98. The number of hydrogen-bond acceptors (Lipinski definition) is 6. The van der Waals surface area contributed by atoms with Crippen LogP contribution in [0.15, 0.2) is 24.3 Å². The Balaban J connectivity index is 2.16. The molecule has 1 N–H and O–H groups in total. The molecule has 0 spiro atoms. The van der Waals surface area contributed by atoms with E-state index < -0.39 is 11.9 Å². The minimum Gasteiger partial charge on any atom is -0.496 e. The Morgan fingerprint density at radius 3 is 2.04 bits per heavy atom. The molecule has 9 heteroatoms. The number of hydrogen-bond donors (Lipinski definition) is 1. The molecule has 0 atom stereocenters. The molecule has 1 aromatic heterocycles. The predicted octanol–water partition coefficient (Wildman–Crippen LogP) is 3.13. The SMILES string of the molecule is COc1cc(OC)c(OC)cc1CNc1ccc(C(F)(F)F)nn1. The number of aromatic nitrogens is 2. The van der Waals surface area contributed by atoms with Gasteiger partial charge in [-0.25, -0.2) is 0 Å². The number of methoxy groups -OCH3 is 3. The Hall–Kier alpha value is -2.71. The molecule has 2 aromatic rings. The van der Waals surface area contributed by atoms with Gasteiger partial charge in [-0.15, -0.1) is 10.2 Å². The third-order valence-corrected chi connectivity index (χ3v) is 3.20. The van der Waals surface area contributed by atoms with E-state index in [9.17, 15) is 13.2 Å². The van der Waals surface area contributed by atoms with Crippen LogP contribution in [0.2, 0.25) is 0 Å². The van der Waals surface area contributed by atoms with Crippen molar-refractivity contribution < 1.29 is 27.4 Å². The van der Waals surface area contributed by atoms with Crippen molar-refractivity contribution in [3.8, 4) is 17.2 Å². The molecular weight excluding hydrogens is 327 g/mol. The fourth-order valence-corrected chi connectivity index (χ4v) is 1.99. The van der Waals surface area contributed by atoms with Crippen molar-refractivity contribution in [2.45, 2.75) is 12.7 Å². The summed E-state index contributed by atoms with van der Waals surface area (Å²) in [6.45, 7) is 0.254. The number of benzene rings is 1. The highest BCUT2D eigenvalue weighted by Gasteiger charge is 2.32. The van der Waals surface area contributed by atoms with Gasteiger partial charge in [0.05, 0.1) is 21.3 Å². The first-order valence-corrected chi connectivity index (χ1v) is 6.82. The quantitative estimate of drug-likeness (QED) is 0.869. The summed E-state index contributed by atoms with van der Waals surface area (Å²) in [6.07, 6.45) is -4.52. The van der Waals surface area contributed by atoms with Crippen molar-refractivity contribution in [2.24, 2.45) is 0 Å². The number of nitrogens with zero attached hydrogens (tertiary/aromatic N) is 2. The van der Waals surface area contributed by atoms with Gasteiger partial charge in [0.2, 0.25) is 0 Å². The predicted molar refractivity (Wildman–Crippen MR) is 80.5 cm³/mol. The smallest absolute Gasteiger partial charge is 0.435 e. The molecule has 0 saturated heterocycles. The van der Waals surface area contributed by atoms with Gasteiger partial charge in [-0.2, -0.15) is 13.2 Å². The van der Waals surface area contributed by atoms with Crippen molar-refractivity contribution >= 4 is 5.82 Å². The van der Waals surface area contributed by atoms with Crippen LogP contribution in [0.5, 0.6) is 17.2 Å². The lowest BCUT2D eigenvalue weighted by Crippen LogP contribution is -2.10. The van der Waals surface area contributed by atoms with Gasteiger partial charge in [0, 0.05) is 18.2 Å². The van der Waals surface area contributed by atoms with Gasteiger partial charge in [0.15, 0.2) is 17.2 Å². The van der Waals surface area contributed by atoms with E-state index in [0.717, 1.165) is 11.6 Å². The van der Waals surface area contributed by atoms with E-state index in [0.29, 0.717) is 17.2 Å². The maximum Gasteiger partial charge on any atom is 0.435 e. The summed E-state index contributed by atoms with van der Waals surface area (Å²) in [5.41, 5.74) is -0.325. The van der Waals surface area contributed by atoms with Gasteiger partial charge in [0.1, 0.15) is 11.6 Å². The van der Waals surface area contributed by atoms with Gasteiger partial charge in [0.25, 0.3) is 0 Å². The average molecular weight is 343 g/mol. The van der Waals surface area contributed by atoms with Crippen LogP contribution in [-0.2, 0) is 12.7 Å². The van der Waals surface area contributed by atoms with Crippen LogP contribution in [0.3, 0.4) is 0 Å². The van der Waals surface area contributed by atoms with Gasteiger partial charge in [-0.05, 0) is 18.2 Å². The van der Waals surface area contributed by atoms with E-state index in [1.165, 1.54) is 27.4 Å². The monoisotopic (exact) mass is 343 g/mol. The van der Waals surface area contributed by atoms with E-state index in [2.05, 4.69) is 15.5 Å². The lowest BCUT2D eigenvalue weighted by Gasteiger charge is -2.14. The summed E-state index contributed by atoms with van der Waals surface area (Å²) in [7, 11) is 4.51. The Labute approximate surface area is 136 Å². The number of halogens is 3. The Kier molecular flexibility index (Phi) is 5.32. The Morgan fingerprint density at radius 2 is 1.54 bits per heavy atom. The third-order valence-electron chi connectivity index (χ3n) is 3.20. The highest BCUT2D eigenvalue weighted by atomic mass is 19.4. The van der Waals surface area contributed by atoms with Gasteiger partial charge in [-0.1, -0.05) is 0 Å². The van der Waals surface area contributed by atoms with Crippen molar-refractivity contribution in [1.29, 1.82) is 0 Å². The summed E-state index contributed by atoms with van der Waals surface area (Å²) in [5, 5.41) is 9.55.